The van der Waals surface area contributed by atoms with Gasteiger partial charge in [-0.2, -0.15) is 0 Å². The predicted molar refractivity (Wildman–Crippen MR) is 71.9 cm³/mol. The van der Waals surface area contributed by atoms with E-state index in [-0.39, 0.29) is 0 Å². The lowest BCUT2D eigenvalue weighted by atomic mass is 10.0. The van der Waals surface area contributed by atoms with Crippen LogP contribution in [0.1, 0.15) is 0 Å². The van der Waals surface area contributed by atoms with Gasteiger partial charge in [-0.3, -0.25) is 0 Å². The van der Waals surface area contributed by atoms with E-state index in [9.17, 15) is 0 Å². The molecule has 0 aromatic rings. The van der Waals surface area contributed by atoms with Gasteiger partial charge in [-0.1, -0.05) is 70.4 Å². The summed E-state index contributed by atoms with van der Waals surface area (Å²) in [7, 11) is -0.718. The van der Waals surface area contributed by atoms with Gasteiger partial charge in [0.1, 0.15) is 0 Å². The fourth-order valence-electron chi connectivity index (χ4n) is 2.20. The molecule has 0 saturated carbocycles. The molecule has 1 rings (SSSR count). The molecule has 0 unspecified atom stereocenters. The summed E-state index contributed by atoms with van der Waals surface area (Å²) in [6, 6.07) is 3.17. The molecular weight excluding hydrogens is 378 g/mol. The lowest BCUT2D eigenvalue weighted by Crippen LogP contribution is -2.20. The fourth-order valence-corrected chi connectivity index (χ4v) is 9.39. The molecule has 0 spiro atoms. The van der Waals surface area contributed by atoms with Crippen molar-refractivity contribution >= 4 is 53.3 Å². The van der Waals surface area contributed by atoms with E-state index in [0.29, 0.717) is 0 Å². The Balaban J connectivity index is 2.55. The minimum atomic E-state index is -0.718. The highest BCUT2D eigenvalue weighted by molar-refractivity contribution is 14.1. The zero-order valence-electron chi connectivity index (χ0n) is 7.24. The maximum atomic E-state index is 2.56. The van der Waals surface area contributed by atoms with Crippen LogP contribution in [0.5, 0.6) is 0 Å². The second kappa shape index (κ2) is 4.26. The van der Waals surface area contributed by atoms with E-state index in [1.807, 2.05) is 0 Å². The largest absolute Gasteiger partial charge is 0.0861 e. The van der Waals surface area contributed by atoms with Gasteiger partial charge in [0.25, 0.3) is 0 Å². The summed E-state index contributed by atoms with van der Waals surface area (Å²) in [6.07, 6.45) is 0. The highest BCUT2D eigenvalue weighted by Crippen LogP contribution is 2.41. The van der Waals surface area contributed by atoms with E-state index < -0.39 is 8.07 Å². The summed E-state index contributed by atoms with van der Waals surface area (Å²) in [6.45, 7) is 5.11. The first-order valence-corrected chi connectivity index (χ1v) is 10.7. The molecule has 0 nitrogen and oxygen atoms in total. The van der Waals surface area contributed by atoms with E-state index in [0.717, 1.165) is 11.8 Å². The number of alkyl halides is 2. The predicted octanol–water partition coefficient (Wildman–Crippen LogP) is 3.81. The van der Waals surface area contributed by atoms with E-state index >= 15 is 0 Å². The SMILES string of the molecule is C[Si]1(C)C[C@H](CI)[C@@H](CI)C1. The maximum absolute atomic E-state index is 2.56. The Kier molecular flexibility index (Phi) is 4.17. The monoisotopic (exact) mass is 394 g/mol. The van der Waals surface area contributed by atoms with E-state index in [4.69, 9.17) is 0 Å². The molecule has 1 heterocycles. The second-order valence-corrected chi connectivity index (χ2v) is 11.3. The molecule has 0 amide bonds. The molecule has 11 heavy (non-hydrogen) atoms. The third-order valence-electron chi connectivity index (χ3n) is 2.69. The van der Waals surface area contributed by atoms with Gasteiger partial charge < -0.3 is 0 Å². The average Bonchev–Trinajstić information content (AvgIpc) is 2.25. The van der Waals surface area contributed by atoms with Gasteiger partial charge in [-0.15, -0.1) is 0 Å². The summed E-state index contributed by atoms with van der Waals surface area (Å²) in [5, 5.41) is 0. The highest BCUT2D eigenvalue weighted by atomic mass is 127. The summed E-state index contributed by atoms with van der Waals surface area (Å²) in [5.41, 5.74) is 0. The Morgan fingerprint density at radius 3 is 1.73 bits per heavy atom. The molecule has 1 fully saturated rings. The zero-order valence-corrected chi connectivity index (χ0v) is 12.6. The van der Waals surface area contributed by atoms with Crippen LogP contribution >= 0.6 is 45.2 Å². The first-order valence-electron chi connectivity index (χ1n) is 4.21. The molecular formula is C8H16I2Si. The van der Waals surface area contributed by atoms with Crippen molar-refractivity contribution in [1.29, 1.82) is 0 Å². The van der Waals surface area contributed by atoms with Gasteiger partial charge in [0, 0.05) is 16.9 Å². The van der Waals surface area contributed by atoms with Crippen LogP contribution in [0.4, 0.5) is 0 Å². The Hall–Kier alpha value is 1.68. The first-order chi connectivity index (χ1) is 5.09. The van der Waals surface area contributed by atoms with Crippen molar-refractivity contribution in [3.63, 3.8) is 0 Å². The summed E-state index contributed by atoms with van der Waals surface area (Å²) >= 11 is 5.13. The summed E-state index contributed by atoms with van der Waals surface area (Å²) in [4.78, 5) is 0. The second-order valence-electron chi connectivity index (χ2n) is 4.40. The van der Waals surface area contributed by atoms with Crippen molar-refractivity contribution < 1.29 is 0 Å². The van der Waals surface area contributed by atoms with Crippen LogP contribution in [0, 0.1) is 11.8 Å². The first kappa shape index (κ1) is 10.8. The van der Waals surface area contributed by atoms with Gasteiger partial charge in [0.2, 0.25) is 0 Å². The number of rotatable bonds is 2. The number of hydrogen-bond donors (Lipinski definition) is 0. The van der Waals surface area contributed by atoms with Crippen LogP contribution in [0.3, 0.4) is 0 Å². The Morgan fingerprint density at radius 2 is 1.45 bits per heavy atom. The van der Waals surface area contributed by atoms with Crippen LogP contribution < -0.4 is 0 Å². The summed E-state index contributed by atoms with van der Waals surface area (Å²) in [5.74, 6) is 2.13. The minimum Gasteiger partial charge on any atom is -0.0861 e. The standard InChI is InChI=1S/C8H16I2Si/c1-11(2)5-7(3-9)8(4-10)6-11/h7-8H,3-6H2,1-2H3/t7-,8-/m0/s1. The molecule has 0 bridgehead atoms. The Morgan fingerprint density at radius 1 is 1.09 bits per heavy atom. The molecule has 0 aromatic heterocycles. The quantitative estimate of drug-likeness (QED) is 0.380. The van der Waals surface area contributed by atoms with E-state index in [1.54, 1.807) is 12.1 Å². The van der Waals surface area contributed by atoms with Crippen LogP contribution in [0.15, 0.2) is 0 Å². The molecule has 0 N–H and O–H groups in total. The molecule has 0 aromatic carbocycles. The van der Waals surface area contributed by atoms with Crippen molar-refractivity contribution in [2.75, 3.05) is 8.86 Å². The Labute approximate surface area is 98.2 Å². The van der Waals surface area contributed by atoms with Crippen molar-refractivity contribution in [2.45, 2.75) is 25.2 Å². The smallest absolute Gasteiger partial charge is 0.0479 e. The minimum absolute atomic E-state index is 0.718. The molecule has 1 saturated heterocycles. The third-order valence-corrected chi connectivity index (χ3v) is 8.21. The fraction of sp³-hybridized carbons (Fsp3) is 1.00. The molecule has 3 heteroatoms. The molecule has 0 radical (unpaired) electrons. The number of halogens is 2. The normalized spacial score (nSPS) is 36.0. The van der Waals surface area contributed by atoms with Crippen molar-refractivity contribution in [3.05, 3.63) is 0 Å². The maximum Gasteiger partial charge on any atom is 0.0479 e. The number of hydrogen-bond acceptors (Lipinski definition) is 0. The lowest BCUT2D eigenvalue weighted by Gasteiger charge is -2.12. The molecule has 1 aliphatic heterocycles. The van der Waals surface area contributed by atoms with Gasteiger partial charge in [0.15, 0.2) is 0 Å². The topological polar surface area (TPSA) is 0 Å². The molecule has 66 valence electrons. The molecule has 0 aliphatic carbocycles. The molecule has 1 aliphatic rings. The van der Waals surface area contributed by atoms with E-state index in [1.165, 1.54) is 8.86 Å². The average molecular weight is 394 g/mol. The molecule has 2 atom stereocenters. The van der Waals surface area contributed by atoms with Crippen molar-refractivity contribution in [3.8, 4) is 0 Å². The zero-order chi connectivity index (χ0) is 8.48. The third kappa shape index (κ3) is 2.82. The summed E-state index contributed by atoms with van der Waals surface area (Å²) < 4.78 is 2.78. The van der Waals surface area contributed by atoms with Gasteiger partial charge in [-0.25, -0.2) is 0 Å². The van der Waals surface area contributed by atoms with Crippen LogP contribution in [0.2, 0.25) is 25.2 Å². The van der Waals surface area contributed by atoms with Crippen LogP contribution in [-0.4, -0.2) is 16.9 Å². The van der Waals surface area contributed by atoms with Gasteiger partial charge in [-0.05, 0) is 11.8 Å². The lowest BCUT2D eigenvalue weighted by molar-refractivity contribution is 0.514. The van der Waals surface area contributed by atoms with Gasteiger partial charge in [0.05, 0.1) is 0 Å². The van der Waals surface area contributed by atoms with Gasteiger partial charge >= 0.3 is 0 Å². The van der Waals surface area contributed by atoms with E-state index in [2.05, 4.69) is 58.3 Å². The van der Waals surface area contributed by atoms with Crippen molar-refractivity contribution in [2.24, 2.45) is 11.8 Å². The highest BCUT2D eigenvalue weighted by Gasteiger charge is 2.38. The van der Waals surface area contributed by atoms with Crippen LogP contribution in [0.25, 0.3) is 0 Å². The van der Waals surface area contributed by atoms with Crippen molar-refractivity contribution in [1.82, 2.24) is 0 Å². The van der Waals surface area contributed by atoms with Crippen LogP contribution in [-0.2, 0) is 0 Å². The Bertz CT molecular complexity index is 122.